The standard InChI is InChI=1S/C5H3NO4S/c7-3(8)1-2-4(9)6-5(10)11-2/h1H,(H,7,8)(H,6,9,10)/p-1. The van der Waals surface area contributed by atoms with Crippen LogP contribution in [0.5, 0.6) is 0 Å². The second-order valence-electron chi connectivity index (χ2n) is 1.67. The molecule has 0 unspecified atom stereocenters. The van der Waals surface area contributed by atoms with Gasteiger partial charge in [-0.2, -0.15) is 0 Å². The summed E-state index contributed by atoms with van der Waals surface area (Å²) in [6.07, 6.45) is 0.588. The fraction of sp³-hybridized carbons (Fsp3) is 0. The number of carbonyl (C=O) groups is 3. The third-order valence-electron chi connectivity index (χ3n) is 0.891. The highest BCUT2D eigenvalue weighted by Gasteiger charge is 2.24. The maximum Gasteiger partial charge on any atom is 0.290 e. The van der Waals surface area contributed by atoms with E-state index in [9.17, 15) is 19.5 Å². The van der Waals surface area contributed by atoms with Crippen LogP contribution in [0.15, 0.2) is 11.0 Å². The van der Waals surface area contributed by atoms with E-state index >= 15 is 0 Å². The Morgan fingerprint density at radius 3 is 2.55 bits per heavy atom. The number of carboxylic acids is 1. The van der Waals surface area contributed by atoms with Crippen LogP contribution in [0.3, 0.4) is 0 Å². The Morgan fingerprint density at radius 2 is 2.18 bits per heavy atom. The van der Waals surface area contributed by atoms with Crippen LogP contribution in [0.4, 0.5) is 4.79 Å². The molecule has 0 aliphatic carbocycles. The Kier molecular flexibility index (Phi) is 1.95. The molecule has 5 nitrogen and oxygen atoms in total. The van der Waals surface area contributed by atoms with Gasteiger partial charge in [0.25, 0.3) is 11.1 Å². The minimum absolute atomic E-state index is 0.144. The van der Waals surface area contributed by atoms with Crippen molar-refractivity contribution < 1.29 is 19.5 Å². The lowest BCUT2D eigenvalue weighted by Gasteiger charge is -1.91. The molecule has 0 saturated carbocycles. The van der Waals surface area contributed by atoms with Gasteiger partial charge in [-0.3, -0.25) is 14.9 Å². The van der Waals surface area contributed by atoms with Gasteiger partial charge in [-0.1, -0.05) is 0 Å². The Labute approximate surface area is 65.5 Å². The summed E-state index contributed by atoms with van der Waals surface area (Å²) in [7, 11) is 0. The van der Waals surface area contributed by atoms with Gasteiger partial charge >= 0.3 is 0 Å². The van der Waals surface area contributed by atoms with Gasteiger partial charge in [0.2, 0.25) is 0 Å². The molecule has 58 valence electrons. The van der Waals surface area contributed by atoms with Crippen molar-refractivity contribution in [2.45, 2.75) is 0 Å². The monoisotopic (exact) mass is 172 g/mol. The molecule has 1 aliphatic heterocycles. The maximum absolute atomic E-state index is 10.6. The fourth-order valence-corrected chi connectivity index (χ4v) is 1.17. The summed E-state index contributed by atoms with van der Waals surface area (Å²) >= 11 is 0.543. The SMILES string of the molecule is O=C([O-])C=C1SC(=O)NC1=O. The van der Waals surface area contributed by atoms with Crippen molar-refractivity contribution in [1.29, 1.82) is 0 Å². The summed E-state index contributed by atoms with van der Waals surface area (Å²) in [6.45, 7) is 0. The van der Waals surface area contributed by atoms with Crippen LogP contribution in [0.1, 0.15) is 0 Å². The van der Waals surface area contributed by atoms with E-state index in [-0.39, 0.29) is 4.91 Å². The number of rotatable bonds is 1. The highest BCUT2D eigenvalue weighted by Crippen LogP contribution is 2.21. The van der Waals surface area contributed by atoms with Crippen LogP contribution in [-0.4, -0.2) is 17.1 Å². The number of hydrogen-bond acceptors (Lipinski definition) is 5. The number of nitrogens with one attached hydrogen (secondary N) is 1. The normalized spacial score (nSPS) is 20.5. The number of thioether (sulfide) groups is 1. The van der Waals surface area contributed by atoms with E-state index in [2.05, 4.69) is 0 Å². The highest BCUT2D eigenvalue weighted by molar-refractivity contribution is 8.18. The third kappa shape index (κ3) is 1.81. The van der Waals surface area contributed by atoms with E-state index in [0.717, 1.165) is 0 Å². The van der Waals surface area contributed by atoms with Crippen molar-refractivity contribution in [2.24, 2.45) is 0 Å². The zero-order valence-electron chi connectivity index (χ0n) is 5.12. The zero-order valence-corrected chi connectivity index (χ0v) is 5.94. The predicted octanol–water partition coefficient (Wildman–Crippen LogP) is -1.40. The molecular weight excluding hydrogens is 170 g/mol. The first kappa shape index (κ1) is 7.80. The highest BCUT2D eigenvalue weighted by atomic mass is 32.2. The van der Waals surface area contributed by atoms with Crippen molar-refractivity contribution in [3.8, 4) is 0 Å². The van der Waals surface area contributed by atoms with E-state index in [1.807, 2.05) is 5.32 Å². The van der Waals surface area contributed by atoms with Gasteiger partial charge in [-0.25, -0.2) is 0 Å². The predicted molar refractivity (Wildman–Crippen MR) is 34.2 cm³/mol. The molecule has 1 rings (SSSR count). The van der Waals surface area contributed by atoms with Crippen molar-refractivity contribution in [3.05, 3.63) is 11.0 Å². The van der Waals surface area contributed by atoms with Crippen molar-refractivity contribution in [3.63, 3.8) is 0 Å². The van der Waals surface area contributed by atoms with Crippen molar-refractivity contribution in [2.75, 3.05) is 0 Å². The molecule has 0 aromatic carbocycles. The molecular formula is C5H2NO4S-. The van der Waals surface area contributed by atoms with E-state index in [1.54, 1.807) is 0 Å². The third-order valence-corrected chi connectivity index (χ3v) is 1.70. The van der Waals surface area contributed by atoms with Crippen LogP contribution in [0.2, 0.25) is 0 Å². The Balaban J connectivity index is 2.83. The first-order valence-electron chi connectivity index (χ1n) is 2.55. The van der Waals surface area contributed by atoms with Crippen molar-refractivity contribution >= 4 is 28.9 Å². The molecule has 1 N–H and O–H groups in total. The number of imide groups is 1. The van der Waals surface area contributed by atoms with E-state index in [1.165, 1.54) is 0 Å². The van der Waals surface area contributed by atoms with Gasteiger partial charge in [0, 0.05) is 0 Å². The summed E-state index contributed by atoms with van der Waals surface area (Å²) in [6, 6.07) is 0. The number of carbonyl (C=O) groups excluding carboxylic acids is 3. The van der Waals surface area contributed by atoms with E-state index in [0.29, 0.717) is 17.8 Å². The topological polar surface area (TPSA) is 86.3 Å². The summed E-state index contributed by atoms with van der Waals surface area (Å²) in [5.41, 5.74) is 0. The zero-order chi connectivity index (χ0) is 8.43. The van der Waals surface area contributed by atoms with Gasteiger partial charge in [0.15, 0.2) is 0 Å². The van der Waals surface area contributed by atoms with Gasteiger partial charge < -0.3 is 9.90 Å². The lowest BCUT2D eigenvalue weighted by atomic mass is 10.5. The van der Waals surface area contributed by atoms with Crippen LogP contribution < -0.4 is 10.4 Å². The quantitative estimate of drug-likeness (QED) is 0.492. The molecule has 6 heteroatoms. The number of hydrogen-bond donors (Lipinski definition) is 1. The van der Waals surface area contributed by atoms with Gasteiger partial charge in [-0.15, -0.1) is 0 Å². The van der Waals surface area contributed by atoms with E-state index < -0.39 is 17.1 Å². The smallest absolute Gasteiger partial charge is 0.290 e. The summed E-state index contributed by atoms with van der Waals surface area (Å²) in [5.74, 6) is -2.18. The average molecular weight is 172 g/mol. The largest absolute Gasteiger partial charge is 0.545 e. The van der Waals surface area contributed by atoms with E-state index in [4.69, 9.17) is 0 Å². The van der Waals surface area contributed by atoms with Gasteiger partial charge in [-0.05, 0) is 17.8 Å². The number of amides is 2. The molecule has 11 heavy (non-hydrogen) atoms. The maximum atomic E-state index is 10.6. The molecule has 1 fully saturated rings. The molecule has 1 saturated heterocycles. The average Bonchev–Trinajstić information content (AvgIpc) is 2.09. The first-order valence-corrected chi connectivity index (χ1v) is 3.37. The molecule has 1 heterocycles. The molecule has 0 bridgehead atoms. The lowest BCUT2D eigenvalue weighted by Crippen LogP contribution is -2.22. The minimum atomic E-state index is -1.49. The summed E-state index contributed by atoms with van der Waals surface area (Å²) < 4.78 is 0. The minimum Gasteiger partial charge on any atom is -0.545 e. The Morgan fingerprint density at radius 1 is 1.55 bits per heavy atom. The Hall–Kier alpha value is -1.30. The molecule has 0 radical (unpaired) electrons. The second-order valence-corrected chi connectivity index (χ2v) is 2.69. The molecule has 0 aromatic heterocycles. The lowest BCUT2D eigenvalue weighted by molar-refractivity contribution is -0.297. The molecule has 0 spiro atoms. The van der Waals surface area contributed by atoms with Crippen LogP contribution in [-0.2, 0) is 9.59 Å². The number of carboxylic acid groups (broad SMARTS) is 1. The summed E-state index contributed by atoms with van der Waals surface area (Å²) in [5, 5.41) is 11.2. The summed E-state index contributed by atoms with van der Waals surface area (Å²) in [4.78, 5) is 30.8. The van der Waals surface area contributed by atoms with Gasteiger partial charge in [0.05, 0.1) is 10.9 Å². The first-order chi connectivity index (χ1) is 5.09. The van der Waals surface area contributed by atoms with Crippen LogP contribution in [0.25, 0.3) is 0 Å². The molecule has 0 atom stereocenters. The molecule has 1 aliphatic rings. The van der Waals surface area contributed by atoms with Crippen molar-refractivity contribution in [1.82, 2.24) is 5.32 Å². The van der Waals surface area contributed by atoms with Crippen LogP contribution in [0, 0.1) is 0 Å². The number of aliphatic carboxylic acids is 1. The van der Waals surface area contributed by atoms with Crippen LogP contribution >= 0.6 is 11.8 Å². The second kappa shape index (κ2) is 2.75. The molecule has 2 amide bonds. The molecule has 0 aromatic rings. The Bertz CT molecular complexity index is 270. The van der Waals surface area contributed by atoms with Gasteiger partial charge in [0.1, 0.15) is 0 Å². The fourth-order valence-electron chi connectivity index (χ4n) is 0.528.